The van der Waals surface area contributed by atoms with E-state index in [1.54, 1.807) is 22.2 Å². The Kier molecular flexibility index (Phi) is 4.59. The zero-order valence-corrected chi connectivity index (χ0v) is 13.1. The van der Waals surface area contributed by atoms with Gasteiger partial charge < -0.3 is 9.64 Å². The predicted octanol–water partition coefficient (Wildman–Crippen LogP) is 1.19. The number of carbonyl (C=O) groups is 1. The third kappa shape index (κ3) is 3.67. The van der Waals surface area contributed by atoms with Crippen LogP contribution in [0.4, 0.5) is 8.78 Å². The van der Waals surface area contributed by atoms with Crippen molar-refractivity contribution in [2.24, 2.45) is 0 Å². The molecule has 3 rings (SSSR count). The minimum absolute atomic E-state index is 0.00455. The summed E-state index contributed by atoms with van der Waals surface area (Å²) in [6.45, 7) is 1.09. The van der Waals surface area contributed by atoms with Crippen LogP contribution in [0.3, 0.4) is 0 Å². The second-order valence-corrected chi connectivity index (χ2v) is 6.33. The summed E-state index contributed by atoms with van der Waals surface area (Å²) in [5.74, 6) is -2.63. The number of nitrogens with zero attached hydrogens (tertiary/aromatic N) is 3. The van der Waals surface area contributed by atoms with Crippen molar-refractivity contribution < 1.29 is 18.3 Å². The fourth-order valence-electron chi connectivity index (χ4n) is 3.35. The summed E-state index contributed by atoms with van der Waals surface area (Å²) in [6, 6.07) is 3.36. The number of carbonyl (C=O) groups excluding carboxylic acids is 1. The monoisotopic (exact) mass is 325 g/mol. The Hall–Kier alpha value is -1.60. The number of hydrogen-bond acceptors (Lipinski definition) is 4. The van der Waals surface area contributed by atoms with Gasteiger partial charge in [-0.05, 0) is 17.7 Å². The molecular formula is C16H21F2N3O2. The molecule has 2 saturated heterocycles. The SMILES string of the molecule is COC[C@@H]1CC(F)(F)CN1C1CN(C(=O)Cc2ccncc2)C1. The van der Waals surface area contributed by atoms with Gasteiger partial charge in [0.2, 0.25) is 5.91 Å². The number of likely N-dealkylation sites (tertiary alicyclic amines) is 2. The first-order chi connectivity index (χ1) is 11.0. The summed E-state index contributed by atoms with van der Waals surface area (Å²) in [7, 11) is 1.53. The van der Waals surface area contributed by atoms with Crippen LogP contribution in [0.1, 0.15) is 12.0 Å². The lowest BCUT2D eigenvalue weighted by Crippen LogP contribution is -2.62. The van der Waals surface area contributed by atoms with Crippen LogP contribution >= 0.6 is 0 Å². The molecule has 1 amide bonds. The molecule has 1 aromatic heterocycles. The fourth-order valence-corrected chi connectivity index (χ4v) is 3.35. The summed E-state index contributed by atoms with van der Waals surface area (Å²) in [5, 5.41) is 0. The molecule has 126 valence electrons. The van der Waals surface area contributed by atoms with Gasteiger partial charge >= 0.3 is 0 Å². The Morgan fingerprint density at radius 1 is 1.39 bits per heavy atom. The van der Waals surface area contributed by atoms with Crippen molar-refractivity contribution in [3.05, 3.63) is 30.1 Å². The lowest BCUT2D eigenvalue weighted by atomic mass is 10.0. The van der Waals surface area contributed by atoms with Crippen LogP contribution in [0.2, 0.25) is 0 Å². The lowest BCUT2D eigenvalue weighted by Gasteiger charge is -2.45. The quantitative estimate of drug-likeness (QED) is 0.816. The molecule has 2 fully saturated rings. The lowest BCUT2D eigenvalue weighted by molar-refractivity contribution is -0.138. The van der Waals surface area contributed by atoms with Crippen molar-refractivity contribution in [2.75, 3.05) is 33.4 Å². The second-order valence-electron chi connectivity index (χ2n) is 6.33. The molecule has 0 unspecified atom stereocenters. The van der Waals surface area contributed by atoms with Crippen LogP contribution < -0.4 is 0 Å². The van der Waals surface area contributed by atoms with Crippen molar-refractivity contribution in [1.82, 2.24) is 14.8 Å². The average Bonchev–Trinajstić information content (AvgIpc) is 2.73. The molecule has 23 heavy (non-hydrogen) atoms. The summed E-state index contributed by atoms with van der Waals surface area (Å²) >= 11 is 0. The molecule has 0 N–H and O–H groups in total. The van der Waals surface area contributed by atoms with Crippen LogP contribution in [0.25, 0.3) is 0 Å². The van der Waals surface area contributed by atoms with Gasteiger partial charge in [-0.15, -0.1) is 0 Å². The predicted molar refractivity (Wildman–Crippen MR) is 80.2 cm³/mol. The van der Waals surface area contributed by atoms with Crippen LogP contribution in [0.15, 0.2) is 24.5 Å². The summed E-state index contributed by atoms with van der Waals surface area (Å²) in [6.07, 6.45) is 3.47. The van der Waals surface area contributed by atoms with E-state index >= 15 is 0 Å². The van der Waals surface area contributed by atoms with E-state index in [0.717, 1.165) is 5.56 Å². The number of alkyl halides is 2. The van der Waals surface area contributed by atoms with E-state index < -0.39 is 5.92 Å². The smallest absolute Gasteiger partial charge is 0.262 e. The van der Waals surface area contributed by atoms with Crippen LogP contribution in [0.5, 0.6) is 0 Å². The van der Waals surface area contributed by atoms with Crippen molar-refractivity contribution in [3.63, 3.8) is 0 Å². The molecule has 2 aliphatic heterocycles. The Morgan fingerprint density at radius 3 is 2.74 bits per heavy atom. The normalized spacial score (nSPS) is 24.7. The number of ether oxygens (including phenoxy) is 1. The van der Waals surface area contributed by atoms with Gasteiger partial charge in [-0.25, -0.2) is 8.78 Å². The Labute approximate surface area is 134 Å². The topological polar surface area (TPSA) is 45.7 Å². The number of halogens is 2. The first kappa shape index (κ1) is 16.3. The molecule has 5 nitrogen and oxygen atoms in total. The zero-order valence-electron chi connectivity index (χ0n) is 13.1. The van der Waals surface area contributed by atoms with Crippen molar-refractivity contribution in [3.8, 4) is 0 Å². The zero-order chi connectivity index (χ0) is 16.4. The minimum atomic E-state index is -2.66. The summed E-state index contributed by atoms with van der Waals surface area (Å²) < 4.78 is 32.4. The molecule has 0 aliphatic carbocycles. The first-order valence-electron chi connectivity index (χ1n) is 7.78. The van der Waals surface area contributed by atoms with E-state index in [2.05, 4.69) is 4.98 Å². The largest absolute Gasteiger partial charge is 0.383 e. The second kappa shape index (κ2) is 6.49. The van der Waals surface area contributed by atoms with Gasteiger partial charge in [-0.3, -0.25) is 14.7 Å². The number of aromatic nitrogens is 1. The maximum atomic E-state index is 13.6. The molecule has 0 saturated carbocycles. The first-order valence-corrected chi connectivity index (χ1v) is 7.78. The Morgan fingerprint density at radius 2 is 2.09 bits per heavy atom. The number of rotatable bonds is 5. The Bertz CT molecular complexity index is 550. The van der Waals surface area contributed by atoms with Gasteiger partial charge in [0.05, 0.1) is 19.6 Å². The number of hydrogen-bond donors (Lipinski definition) is 0. The van der Waals surface area contributed by atoms with Crippen molar-refractivity contribution in [2.45, 2.75) is 30.8 Å². The van der Waals surface area contributed by atoms with E-state index in [4.69, 9.17) is 4.74 Å². The van der Waals surface area contributed by atoms with Crippen LogP contribution in [-0.4, -0.2) is 72.0 Å². The summed E-state index contributed by atoms with van der Waals surface area (Å²) in [5.41, 5.74) is 0.915. The van der Waals surface area contributed by atoms with E-state index in [-0.39, 0.29) is 31.0 Å². The standard InChI is InChI=1S/C16H21F2N3O2/c1-23-10-13-7-16(17,18)11-21(13)14-8-20(9-14)15(22)6-12-2-4-19-5-3-12/h2-5,13-14H,6-11H2,1H3/t13-/m0/s1. The molecule has 0 aromatic carbocycles. The highest BCUT2D eigenvalue weighted by molar-refractivity contribution is 5.79. The molecular weight excluding hydrogens is 304 g/mol. The van der Waals surface area contributed by atoms with E-state index in [1.165, 1.54) is 7.11 Å². The molecule has 7 heteroatoms. The maximum absolute atomic E-state index is 13.6. The van der Waals surface area contributed by atoms with Gasteiger partial charge in [0, 0.05) is 51.1 Å². The molecule has 2 aliphatic rings. The summed E-state index contributed by atoms with van der Waals surface area (Å²) in [4.78, 5) is 19.7. The molecule has 1 aromatic rings. The van der Waals surface area contributed by atoms with Crippen molar-refractivity contribution in [1.29, 1.82) is 0 Å². The highest BCUT2D eigenvalue weighted by Crippen LogP contribution is 2.35. The third-order valence-electron chi connectivity index (χ3n) is 4.56. The molecule has 1 atom stereocenters. The molecule has 0 bridgehead atoms. The van der Waals surface area contributed by atoms with Crippen LogP contribution in [-0.2, 0) is 16.0 Å². The third-order valence-corrected chi connectivity index (χ3v) is 4.56. The molecule has 3 heterocycles. The van der Waals surface area contributed by atoms with Gasteiger partial charge in [-0.1, -0.05) is 0 Å². The Balaban J connectivity index is 1.53. The number of methoxy groups -OCH3 is 1. The number of pyridine rings is 1. The fraction of sp³-hybridized carbons (Fsp3) is 0.625. The van der Waals surface area contributed by atoms with Crippen molar-refractivity contribution >= 4 is 5.91 Å². The average molecular weight is 325 g/mol. The minimum Gasteiger partial charge on any atom is -0.383 e. The van der Waals surface area contributed by atoms with Gasteiger partial charge in [-0.2, -0.15) is 0 Å². The number of amides is 1. The highest BCUT2D eigenvalue weighted by atomic mass is 19.3. The van der Waals surface area contributed by atoms with Gasteiger partial charge in [0.1, 0.15) is 0 Å². The van der Waals surface area contributed by atoms with E-state index in [1.807, 2.05) is 12.1 Å². The molecule has 0 spiro atoms. The van der Waals surface area contributed by atoms with Gasteiger partial charge in [0.15, 0.2) is 0 Å². The highest BCUT2D eigenvalue weighted by Gasteiger charge is 2.50. The van der Waals surface area contributed by atoms with E-state index in [9.17, 15) is 13.6 Å². The van der Waals surface area contributed by atoms with Gasteiger partial charge in [0.25, 0.3) is 5.92 Å². The van der Waals surface area contributed by atoms with E-state index in [0.29, 0.717) is 26.1 Å². The maximum Gasteiger partial charge on any atom is 0.262 e. The van der Waals surface area contributed by atoms with Crippen LogP contribution in [0, 0.1) is 0 Å². The molecule has 0 radical (unpaired) electrons.